The van der Waals surface area contributed by atoms with E-state index in [-0.39, 0.29) is 22.2 Å². The van der Waals surface area contributed by atoms with Gasteiger partial charge in [-0.1, -0.05) is 11.6 Å². The van der Waals surface area contributed by atoms with Crippen LogP contribution in [0.15, 0.2) is 6.07 Å². The van der Waals surface area contributed by atoms with Gasteiger partial charge in [0.1, 0.15) is 10.8 Å². The predicted molar refractivity (Wildman–Crippen MR) is 43.9 cm³/mol. The van der Waals surface area contributed by atoms with Gasteiger partial charge in [0.2, 0.25) is 0 Å². The summed E-state index contributed by atoms with van der Waals surface area (Å²) in [5.41, 5.74) is 6.06. The highest BCUT2D eigenvalue weighted by Crippen LogP contribution is 2.39. The molecule has 0 aliphatic heterocycles. The lowest BCUT2D eigenvalue weighted by Gasteiger charge is -2.05. The minimum absolute atomic E-state index is 0.0949. The van der Waals surface area contributed by atoms with Crippen molar-refractivity contribution in [2.24, 2.45) is 0 Å². The quantitative estimate of drug-likeness (QED) is 0.318. The Hall–Kier alpha value is -1.09. The molecule has 3 nitrogen and oxygen atoms in total. The van der Waals surface area contributed by atoms with Crippen LogP contribution in [0.3, 0.4) is 0 Å². The first-order chi connectivity index (χ1) is 5.04. The number of anilines is 1. The summed E-state index contributed by atoms with van der Waals surface area (Å²) in [7, 11) is 0. The molecule has 0 saturated heterocycles. The second kappa shape index (κ2) is 2.51. The van der Waals surface area contributed by atoms with Crippen molar-refractivity contribution in [2.45, 2.75) is 6.92 Å². The first-order valence-electron chi connectivity index (χ1n) is 3.00. The molecule has 4 heteroatoms. The number of phenolic OH excluding ortho intramolecular Hbond substituents is 2. The fourth-order valence-electron chi connectivity index (χ4n) is 0.782. The fourth-order valence-corrected chi connectivity index (χ4v) is 1.04. The number of halogens is 1. The highest BCUT2D eigenvalue weighted by atomic mass is 35.5. The van der Waals surface area contributed by atoms with Crippen molar-refractivity contribution in [3.8, 4) is 11.5 Å². The summed E-state index contributed by atoms with van der Waals surface area (Å²) in [6.45, 7) is 1.65. The Morgan fingerprint density at radius 3 is 2.45 bits per heavy atom. The van der Waals surface area contributed by atoms with E-state index in [1.54, 1.807) is 6.92 Å². The minimum Gasteiger partial charge on any atom is -0.506 e. The second-order valence-electron chi connectivity index (χ2n) is 2.29. The second-order valence-corrected chi connectivity index (χ2v) is 2.67. The van der Waals surface area contributed by atoms with Crippen LogP contribution in [0.5, 0.6) is 11.5 Å². The van der Waals surface area contributed by atoms with Crippen molar-refractivity contribution in [3.63, 3.8) is 0 Å². The highest BCUT2D eigenvalue weighted by molar-refractivity contribution is 6.34. The van der Waals surface area contributed by atoms with E-state index in [0.29, 0.717) is 5.56 Å². The summed E-state index contributed by atoms with van der Waals surface area (Å²) in [5.74, 6) is -0.395. The first-order valence-corrected chi connectivity index (χ1v) is 3.38. The molecule has 0 aliphatic rings. The average Bonchev–Trinajstić information content (AvgIpc) is 1.97. The van der Waals surface area contributed by atoms with E-state index >= 15 is 0 Å². The maximum absolute atomic E-state index is 9.16. The lowest BCUT2D eigenvalue weighted by molar-refractivity contribution is 0.450. The van der Waals surface area contributed by atoms with Crippen molar-refractivity contribution in [3.05, 3.63) is 16.7 Å². The van der Waals surface area contributed by atoms with Crippen LogP contribution in [0.25, 0.3) is 0 Å². The maximum Gasteiger partial charge on any atom is 0.161 e. The largest absolute Gasteiger partial charge is 0.506 e. The smallest absolute Gasteiger partial charge is 0.161 e. The van der Waals surface area contributed by atoms with Crippen LogP contribution >= 0.6 is 11.6 Å². The van der Waals surface area contributed by atoms with E-state index in [0.717, 1.165) is 0 Å². The maximum atomic E-state index is 9.16. The molecule has 0 heterocycles. The molecule has 0 atom stereocenters. The van der Waals surface area contributed by atoms with E-state index < -0.39 is 0 Å². The zero-order valence-electron chi connectivity index (χ0n) is 5.93. The number of aromatic hydroxyl groups is 2. The lowest BCUT2D eigenvalue weighted by Crippen LogP contribution is -1.88. The van der Waals surface area contributed by atoms with Gasteiger partial charge in [-0.2, -0.15) is 0 Å². The molecule has 0 saturated carbocycles. The van der Waals surface area contributed by atoms with Crippen molar-refractivity contribution in [1.82, 2.24) is 0 Å². The average molecular weight is 174 g/mol. The van der Waals surface area contributed by atoms with E-state index in [9.17, 15) is 0 Å². The van der Waals surface area contributed by atoms with Gasteiger partial charge in [-0.3, -0.25) is 0 Å². The molecule has 0 spiro atoms. The Balaban J connectivity index is 3.46. The molecule has 0 unspecified atom stereocenters. The molecule has 1 aromatic carbocycles. The van der Waals surface area contributed by atoms with Gasteiger partial charge in [0.05, 0.1) is 5.69 Å². The number of benzene rings is 1. The number of hydrogen-bond donors (Lipinski definition) is 3. The van der Waals surface area contributed by atoms with Crippen LogP contribution in [-0.4, -0.2) is 10.2 Å². The third-order valence-electron chi connectivity index (χ3n) is 1.43. The molecule has 0 radical (unpaired) electrons. The van der Waals surface area contributed by atoms with Gasteiger partial charge in [0.15, 0.2) is 5.75 Å². The number of hydrogen-bond acceptors (Lipinski definition) is 3. The van der Waals surface area contributed by atoms with Gasteiger partial charge >= 0.3 is 0 Å². The summed E-state index contributed by atoms with van der Waals surface area (Å²) in [6.07, 6.45) is 0. The van der Waals surface area contributed by atoms with Crippen molar-refractivity contribution >= 4 is 17.3 Å². The summed E-state index contributed by atoms with van der Waals surface area (Å²) in [5, 5.41) is 18.2. The molecule has 11 heavy (non-hydrogen) atoms. The molecule has 0 fully saturated rings. The van der Waals surface area contributed by atoms with Crippen LogP contribution in [0.2, 0.25) is 5.02 Å². The zero-order chi connectivity index (χ0) is 8.59. The zero-order valence-corrected chi connectivity index (χ0v) is 6.68. The van der Waals surface area contributed by atoms with Crippen LogP contribution in [0.1, 0.15) is 5.56 Å². The molecule has 4 N–H and O–H groups in total. The van der Waals surface area contributed by atoms with Crippen molar-refractivity contribution in [1.29, 1.82) is 0 Å². The van der Waals surface area contributed by atoms with Crippen LogP contribution in [0, 0.1) is 6.92 Å². The van der Waals surface area contributed by atoms with Gasteiger partial charge in [0.25, 0.3) is 0 Å². The molecular weight excluding hydrogens is 166 g/mol. The molecule has 0 amide bonds. The van der Waals surface area contributed by atoms with Crippen LogP contribution < -0.4 is 5.73 Å². The normalized spacial score (nSPS) is 10.0. The third kappa shape index (κ3) is 1.19. The van der Waals surface area contributed by atoms with Gasteiger partial charge < -0.3 is 15.9 Å². The summed E-state index contributed by atoms with van der Waals surface area (Å²) in [4.78, 5) is 0. The van der Waals surface area contributed by atoms with Gasteiger partial charge in [-0.05, 0) is 18.6 Å². The topological polar surface area (TPSA) is 66.5 Å². The lowest BCUT2D eigenvalue weighted by atomic mass is 10.2. The van der Waals surface area contributed by atoms with E-state index in [2.05, 4.69) is 0 Å². The number of nitrogen functional groups attached to an aromatic ring is 1. The number of aryl methyl sites for hydroxylation is 1. The summed E-state index contributed by atoms with van der Waals surface area (Å²) in [6, 6.07) is 1.45. The van der Waals surface area contributed by atoms with Crippen molar-refractivity contribution in [2.75, 3.05) is 5.73 Å². The predicted octanol–water partition coefficient (Wildman–Crippen LogP) is 1.64. The standard InChI is InChI=1S/C7H8ClNO2/c1-3-2-4(9)7(11)5(8)6(3)10/h2,10-11H,9H2,1H3. The number of rotatable bonds is 0. The Morgan fingerprint density at radius 2 is 1.91 bits per heavy atom. The molecule has 60 valence electrons. The van der Waals surface area contributed by atoms with E-state index in [1.807, 2.05) is 0 Å². The Labute approximate surface area is 69.0 Å². The van der Waals surface area contributed by atoms with Gasteiger partial charge in [-0.15, -0.1) is 0 Å². The monoisotopic (exact) mass is 173 g/mol. The minimum atomic E-state index is -0.269. The summed E-state index contributed by atoms with van der Waals surface area (Å²) < 4.78 is 0. The Bertz CT molecular complexity index is 273. The molecule has 1 rings (SSSR count). The van der Waals surface area contributed by atoms with Gasteiger partial charge in [-0.25, -0.2) is 0 Å². The molecular formula is C7H8ClNO2. The third-order valence-corrected chi connectivity index (χ3v) is 1.79. The number of nitrogens with two attached hydrogens (primary N) is 1. The van der Waals surface area contributed by atoms with Crippen LogP contribution in [0.4, 0.5) is 5.69 Å². The first kappa shape index (κ1) is 8.01. The summed E-state index contributed by atoms with van der Waals surface area (Å²) >= 11 is 5.51. The number of phenols is 2. The Morgan fingerprint density at radius 1 is 1.36 bits per heavy atom. The SMILES string of the molecule is Cc1cc(N)c(O)c(Cl)c1O. The van der Waals surface area contributed by atoms with E-state index in [1.165, 1.54) is 6.07 Å². The van der Waals surface area contributed by atoms with Crippen molar-refractivity contribution < 1.29 is 10.2 Å². The molecule has 0 bridgehead atoms. The fraction of sp³-hybridized carbons (Fsp3) is 0.143. The Kier molecular flexibility index (Phi) is 1.83. The molecule has 0 aromatic heterocycles. The highest BCUT2D eigenvalue weighted by Gasteiger charge is 2.10. The molecule has 1 aromatic rings. The van der Waals surface area contributed by atoms with E-state index in [4.69, 9.17) is 27.5 Å². The molecule has 0 aliphatic carbocycles. The van der Waals surface area contributed by atoms with Gasteiger partial charge in [0, 0.05) is 0 Å². The van der Waals surface area contributed by atoms with Crippen LogP contribution in [-0.2, 0) is 0 Å².